The predicted octanol–water partition coefficient (Wildman–Crippen LogP) is 1.07. The first-order valence-corrected chi connectivity index (χ1v) is 2.98. The van der Waals surface area contributed by atoms with Gasteiger partial charge in [-0.05, 0) is 20.8 Å². The standard InChI is InChI=1S/C6H13NO3/c1-6(2,3)7-5(8)10-9-4/h1-4H3,(H,7,8). The first-order valence-electron chi connectivity index (χ1n) is 2.98. The van der Waals surface area contributed by atoms with Crippen LogP contribution in [0.5, 0.6) is 0 Å². The van der Waals surface area contributed by atoms with Crippen LogP contribution in [0.15, 0.2) is 0 Å². The van der Waals surface area contributed by atoms with Gasteiger partial charge in [0.2, 0.25) is 0 Å². The number of hydrogen-bond donors (Lipinski definition) is 1. The summed E-state index contributed by atoms with van der Waals surface area (Å²) in [6.07, 6.45) is -0.574. The van der Waals surface area contributed by atoms with Gasteiger partial charge in [-0.3, -0.25) is 4.89 Å². The molecule has 1 N–H and O–H groups in total. The lowest BCUT2D eigenvalue weighted by atomic mass is 10.1. The maximum Gasteiger partial charge on any atom is 0.439 e. The second-order valence-corrected chi connectivity index (χ2v) is 2.91. The molecule has 0 aliphatic rings. The molecule has 1 amide bonds. The van der Waals surface area contributed by atoms with Crippen LogP contribution in [-0.2, 0) is 9.78 Å². The zero-order valence-electron chi connectivity index (χ0n) is 6.72. The minimum atomic E-state index is -0.574. The van der Waals surface area contributed by atoms with Crippen LogP contribution in [0, 0.1) is 0 Å². The van der Waals surface area contributed by atoms with E-state index in [1.54, 1.807) is 0 Å². The van der Waals surface area contributed by atoms with Gasteiger partial charge in [0.25, 0.3) is 0 Å². The minimum absolute atomic E-state index is 0.282. The molecule has 0 aromatic rings. The topological polar surface area (TPSA) is 47.6 Å². The van der Waals surface area contributed by atoms with E-state index in [0.717, 1.165) is 0 Å². The van der Waals surface area contributed by atoms with Gasteiger partial charge in [-0.1, -0.05) is 0 Å². The van der Waals surface area contributed by atoms with Gasteiger partial charge in [0.1, 0.15) is 0 Å². The van der Waals surface area contributed by atoms with E-state index in [1.165, 1.54) is 7.11 Å². The fourth-order valence-corrected chi connectivity index (χ4v) is 0.403. The largest absolute Gasteiger partial charge is 0.439 e. The second kappa shape index (κ2) is 3.41. The highest BCUT2D eigenvalue weighted by Gasteiger charge is 2.14. The molecule has 0 aliphatic heterocycles. The summed E-state index contributed by atoms with van der Waals surface area (Å²) in [5.41, 5.74) is -0.282. The number of amides is 1. The van der Waals surface area contributed by atoms with Gasteiger partial charge in [0, 0.05) is 5.54 Å². The smallest absolute Gasteiger partial charge is 0.315 e. The summed E-state index contributed by atoms with van der Waals surface area (Å²) in [6, 6.07) is 0. The molecule has 0 aliphatic carbocycles. The van der Waals surface area contributed by atoms with Crippen LogP contribution >= 0.6 is 0 Å². The Morgan fingerprint density at radius 2 is 1.90 bits per heavy atom. The molecule has 0 radical (unpaired) electrons. The Balaban J connectivity index is 3.58. The average molecular weight is 147 g/mol. The van der Waals surface area contributed by atoms with Crippen molar-refractivity contribution in [1.82, 2.24) is 5.32 Å². The predicted molar refractivity (Wildman–Crippen MR) is 36.4 cm³/mol. The van der Waals surface area contributed by atoms with Gasteiger partial charge < -0.3 is 5.32 Å². The van der Waals surface area contributed by atoms with Gasteiger partial charge in [0.05, 0.1) is 7.11 Å². The highest BCUT2D eigenvalue weighted by Crippen LogP contribution is 1.98. The van der Waals surface area contributed by atoms with Crippen molar-refractivity contribution in [2.45, 2.75) is 26.3 Å². The zero-order chi connectivity index (χ0) is 8.20. The monoisotopic (exact) mass is 147 g/mol. The molecule has 0 bridgehead atoms. The summed E-state index contributed by atoms with van der Waals surface area (Å²) in [5, 5.41) is 2.53. The van der Waals surface area contributed by atoms with Crippen molar-refractivity contribution in [2.24, 2.45) is 0 Å². The third-order valence-electron chi connectivity index (χ3n) is 0.636. The molecule has 0 aromatic carbocycles. The number of hydrogen-bond acceptors (Lipinski definition) is 3. The van der Waals surface area contributed by atoms with Crippen LogP contribution in [0.4, 0.5) is 4.79 Å². The fraction of sp³-hybridized carbons (Fsp3) is 0.833. The average Bonchev–Trinajstić information content (AvgIpc) is 1.59. The van der Waals surface area contributed by atoms with Crippen molar-refractivity contribution < 1.29 is 14.6 Å². The van der Waals surface area contributed by atoms with Crippen LogP contribution in [0.2, 0.25) is 0 Å². The Morgan fingerprint density at radius 3 is 2.20 bits per heavy atom. The first kappa shape index (κ1) is 9.23. The lowest BCUT2D eigenvalue weighted by Gasteiger charge is -2.18. The molecule has 0 fully saturated rings. The molecule has 0 aromatic heterocycles. The van der Waals surface area contributed by atoms with E-state index in [1.807, 2.05) is 20.8 Å². The normalized spacial score (nSPS) is 10.8. The maximum atomic E-state index is 10.6. The van der Waals surface area contributed by atoms with E-state index in [0.29, 0.717) is 0 Å². The Morgan fingerprint density at radius 1 is 1.40 bits per heavy atom. The zero-order valence-corrected chi connectivity index (χ0v) is 6.72. The van der Waals surface area contributed by atoms with Crippen molar-refractivity contribution in [3.05, 3.63) is 0 Å². The van der Waals surface area contributed by atoms with E-state index >= 15 is 0 Å². The summed E-state index contributed by atoms with van der Waals surface area (Å²) >= 11 is 0. The Hall–Kier alpha value is -0.770. The van der Waals surface area contributed by atoms with E-state index in [-0.39, 0.29) is 5.54 Å². The molecule has 0 heterocycles. The van der Waals surface area contributed by atoms with Crippen molar-refractivity contribution in [3.8, 4) is 0 Å². The van der Waals surface area contributed by atoms with Crippen molar-refractivity contribution in [2.75, 3.05) is 7.11 Å². The summed E-state index contributed by atoms with van der Waals surface area (Å²) in [6.45, 7) is 5.55. The molecule has 4 heteroatoms. The molecule has 10 heavy (non-hydrogen) atoms. The van der Waals surface area contributed by atoms with Gasteiger partial charge in [-0.15, -0.1) is 0 Å². The van der Waals surface area contributed by atoms with Crippen molar-refractivity contribution in [3.63, 3.8) is 0 Å². The summed E-state index contributed by atoms with van der Waals surface area (Å²) in [5.74, 6) is 0. The molecule has 0 rings (SSSR count). The molecular formula is C6H13NO3. The summed E-state index contributed by atoms with van der Waals surface area (Å²) in [4.78, 5) is 18.9. The molecule has 4 nitrogen and oxygen atoms in total. The Bertz CT molecular complexity index is 117. The van der Waals surface area contributed by atoms with Crippen LogP contribution in [-0.4, -0.2) is 18.7 Å². The molecule has 0 unspecified atom stereocenters. The maximum absolute atomic E-state index is 10.6. The fourth-order valence-electron chi connectivity index (χ4n) is 0.403. The summed E-state index contributed by atoms with van der Waals surface area (Å²) < 4.78 is 0. The molecule has 0 saturated heterocycles. The SMILES string of the molecule is COOC(=O)NC(C)(C)C. The van der Waals surface area contributed by atoms with E-state index in [2.05, 4.69) is 15.1 Å². The Kier molecular flexibility index (Phi) is 3.15. The molecule has 0 spiro atoms. The highest BCUT2D eigenvalue weighted by atomic mass is 17.2. The molecular weight excluding hydrogens is 134 g/mol. The lowest BCUT2D eigenvalue weighted by Crippen LogP contribution is -2.40. The quantitative estimate of drug-likeness (QED) is 0.446. The van der Waals surface area contributed by atoms with Crippen LogP contribution < -0.4 is 5.32 Å². The Labute approximate surface area is 60.4 Å². The summed E-state index contributed by atoms with van der Waals surface area (Å²) in [7, 11) is 1.28. The number of carbonyl (C=O) groups is 1. The van der Waals surface area contributed by atoms with E-state index in [9.17, 15) is 4.79 Å². The van der Waals surface area contributed by atoms with E-state index < -0.39 is 6.09 Å². The minimum Gasteiger partial charge on any atom is -0.315 e. The van der Waals surface area contributed by atoms with Gasteiger partial charge in [0.15, 0.2) is 0 Å². The number of rotatable bonds is 1. The van der Waals surface area contributed by atoms with Crippen LogP contribution in [0.1, 0.15) is 20.8 Å². The van der Waals surface area contributed by atoms with Gasteiger partial charge >= 0.3 is 6.09 Å². The highest BCUT2D eigenvalue weighted by molar-refractivity contribution is 5.67. The lowest BCUT2D eigenvalue weighted by molar-refractivity contribution is -0.214. The van der Waals surface area contributed by atoms with Gasteiger partial charge in [-0.25, -0.2) is 4.79 Å². The molecule has 0 saturated carbocycles. The number of nitrogens with one attached hydrogen (secondary N) is 1. The van der Waals surface area contributed by atoms with Crippen molar-refractivity contribution >= 4 is 6.09 Å². The van der Waals surface area contributed by atoms with Crippen LogP contribution in [0.3, 0.4) is 0 Å². The third kappa shape index (κ3) is 5.37. The van der Waals surface area contributed by atoms with Gasteiger partial charge in [-0.2, -0.15) is 4.89 Å². The molecule has 0 atom stereocenters. The third-order valence-corrected chi connectivity index (χ3v) is 0.636. The molecule has 60 valence electrons. The first-order chi connectivity index (χ1) is 4.45. The van der Waals surface area contributed by atoms with E-state index in [4.69, 9.17) is 0 Å². The van der Waals surface area contributed by atoms with Crippen molar-refractivity contribution in [1.29, 1.82) is 0 Å². The van der Waals surface area contributed by atoms with Crippen LogP contribution in [0.25, 0.3) is 0 Å². The number of carbonyl (C=O) groups excluding carboxylic acids is 1. The second-order valence-electron chi connectivity index (χ2n) is 2.91.